The van der Waals surface area contributed by atoms with Crippen LogP contribution in [-0.2, 0) is 19.4 Å². The van der Waals surface area contributed by atoms with Gasteiger partial charge in [0.05, 0.1) is 24.6 Å². The highest BCUT2D eigenvalue weighted by Crippen LogP contribution is 2.64. The van der Waals surface area contributed by atoms with Gasteiger partial charge in [-0.05, 0) is 38.7 Å². The Hall–Kier alpha value is -2.16. The molecule has 1 aromatic carbocycles. The van der Waals surface area contributed by atoms with Gasteiger partial charge in [0.1, 0.15) is 11.8 Å². The van der Waals surface area contributed by atoms with Crippen LogP contribution in [-0.4, -0.2) is 64.3 Å². The molecule has 2 aromatic rings. The molecule has 0 amide bonds. The van der Waals surface area contributed by atoms with Crippen LogP contribution < -0.4 is 5.69 Å². The van der Waals surface area contributed by atoms with Crippen molar-refractivity contribution in [1.29, 1.82) is 0 Å². The summed E-state index contributed by atoms with van der Waals surface area (Å²) in [5.74, 6) is 0.422. The molecule has 0 N–H and O–H groups in total. The third-order valence-electron chi connectivity index (χ3n) is 7.32. The number of aliphatic imine (C=N–C) groups is 1. The minimum absolute atomic E-state index is 0.121. The smallest absolute Gasteiger partial charge is 0.351 e. The van der Waals surface area contributed by atoms with Crippen LogP contribution in [0, 0.1) is 6.92 Å². The number of hydrogen-bond donors (Lipinski definition) is 0. The average molecular weight is 514 g/mol. The topological polar surface area (TPSA) is 81.4 Å². The standard InChI is InChI=1S/C26H36N5O4P/c1-6-20-21(15-23(33-20)30-16-18(2)24(28-25(30)32)27-17-29(4)5)34-36-31-14-10-13-22(31)26(3,35-36)19-11-8-7-9-12-19/h7-9,11-12,16-17,20-23H,6,10,13-15H2,1-5H3/t20-,21-,22+,23-,26-,36+/m1/s1. The van der Waals surface area contributed by atoms with Crippen molar-refractivity contribution in [3.63, 3.8) is 0 Å². The van der Waals surface area contributed by atoms with Gasteiger partial charge in [0.15, 0.2) is 5.82 Å². The normalized spacial score (nSPS) is 32.4. The number of ether oxygens (including phenoxy) is 1. The fourth-order valence-electron chi connectivity index (χ4n) is 5.40. The van der Waals surface area contributed by atoms with Gasteiger partial charge in [-0.2, -0.15) is 4.98 Å². The van der Waals surface area contributed by atoms with Gasteiger partial charge in [0.2, 0.25) is 0 Å². The number of aromatic nitrogens is 2. The first-order chi connectivity index (χ1) is 17.3. The van der Waals surface area contributed by atoms with Crippen LogP contribution in [0.15, 0.2) is 46.3 Å². The highest BCUT2D eigenvalue weighted by molar-refractivity contribution is 7.45. The maximum Gasteiger partial charge on any atom is 0.351 e. The maximum atomic E-state index is 12.9. The quantitative estimate of drug-likeness (QED) is 0.307. The summed E-state index contributed by atoms with van der Waals surface area (Å²) in [4.78, 5) is 23.2. The van der Waals surface area contributed by atoms with Gasteiger partial charge in [0.25, 0.3) is 8.53 Å². The SMILES string of the molecule is CC[C@H]1O[C@@H](n2cc(C)c(N=CN(C)C)nc2=O)C[C@H]1O[P@@]1O[C@](C)(c2ccccc2)[C@@H]2CCCN21. The number of fused-ring (bicyclic) bond motifs is 1. The van der Waals surface area contributed by atoms with E-state index in [0.29, 0.717) is 18.3 Å². The van der Waals surface area contributed by atoms with Gasteiger partial charge in [-0.1, -0.05) is 37.3 Å². The molecule has 0 unspecified atom stereocenters. The van der Waals surface area contributed by atoms with E-state index in [-0.39, 0.29) is 17.9 Å². The Kier molecular flexibility index (Phi) is 7.30. The van der Waals surface area contributed by atoms with Gasteiger partial charge in [-0.15, -0.1) is 0 Å². The van der Waals surface area contributed by atoms with Crippen LogP contribution in [0.3, 0.4) is 0 Å². The fourth-order valence-corrected chi connectivity index (χ4v) is 7.55. The lowest BCUT2D eigenvalue weighted by atomic mass is 9.87. The molecule has 0 spiro atoms. The molecule has 194 valence electrons. The zero-order valence-electron chi connectivity index (χ0n) is 21.7. The van der Waals surface area contributed by atoms with E-state index in [1.54, 1.807) is 22.0 Å². The summed E-state index contributed by atoms with van der Waals surface area (Å²) in [6, 6.07) is 10.8. The molecule has 3 fully saturated rings. The lowest BCUT2D eigenvalue weighted by Gasteiger charge is -2.29. The van der Waals surface area contributed by atoms with E-state index < -0.39 is 20.4 Å². The van der Waals surface area contributed by atoms with Crippen molar-refractivity contribution in [2.75, 3.05) is 20.6 Å². The summed E-state index contributed by atoms with van der Waals surface area (Å²) in [5.41, 5.74) is 1.24. The Morgan fingerprint density at radius 3 is 2.83 bits per heavy atom. The van der Waals surface area contributed by atoms with Crippen molar-refractivity contribution < 1.29 is 13.8 Å². The van der Waals surface area contributed by atoms with Crippen molar-refractivity contribution in [3.05, 3.63) is 58.1 Å². The summed E-state index contributed by atoms with van der Waals surface area (Å²) in [5, 5.41) is 0. The van der Waals surface area contributed by atoms with Gasteiger partial charge in [-0.3, -0.25) is 4.57 Å². The molecule has 0 aliphatic carbocycles. The molecule has 4 heterocycles. The molecule has 0 radical (unpaired) electrons. The van der Waals surface area contributed by atoms with Crippen LogP contribution in [0.1, 0.15) is 56.9 Å². The van der Waals surface area contributed by atoms with Gasteiger partial charge < -0.3 is 18.7 Å². The van der Waals surface area contributed by atoms with Crippen molar-refractivity contribution >= 4 is 20.7 Å². The average Bonchev–Trinajstić information content (AvgIpc) is 3.57. The molecule has 36 heavy (non-hydrogen) atoms. The van der Waals surface area contributed by atoms with Crippen LogP contribution in [0.4, 0.5) is 5.82 Å². The Labute approximate surface area is 214 Å². The second kappa shape index (κ2) is 10.3. The van der Waals surface area contributed by atoms with E-state index in [1.807, 2.05) is 27.1 Å². The molecular formula is C26H36N5O4P. The maximum absolute atomic E-state index is 12.9. The molecule has 3 aliphatic rings. The highest BCUT2D eigenvalue weighted by atomic mass is 31.2. The summed E-state index contributed by atoms with van der Waals surface area (Å²) in [7, 11) is 2.52. The van der Waals surface area contributed by atoms with Crippen LogP contribution >= 0.6 is 8.53 Å². The van der Waals surface area contributed by atoms with Gasteiger partial charge >= 0.3 is 5.69 Å². The largest absolute Gasteiger partial charge is 0.369 e. The number of aryl methyl sites for hydroxylation is 1. The summed E-state index contributed by atoms with van der Waals surface area (Å²) in [6.45, 7) is 7.16. The third-order valence-corrected chi connectivity index (χ3v) is 9.21. The van der Waals surface area contributed by atoms with Gasteiger partial charge in [0, 0.05) is 38.8 Å². The van der Waals surface area contributed by atoms with Crippen LogP contribution in [0.5, 0.6) is 0 Å². The molecule has 6 atom stereocenters. The molecule has 0 bridgehead atoms. The molecule has 9 nitrogen and oxygen atoms in total. The summed E-state index contributed by atoms with van der Waals surface area (Å²) < 4.78 is 23.7. The van der Waals surface area contributed by atoms with E-state index in [9.17, 15) is 4.79 Å². The Morgan fingerprint density at radius 1 is 1.33 bits per heavy atom. The molecule has 5 rings (SSSR count). The van der Waals surface area contributed by atoms with Crippen molar-refractivity contribution in [3.8, 4) is 0 Å². The minimum Gasteiger partial charge on any atom is -0.369 e. The first kappa shape index (κ1) is 25.5. The lowest BCUT2D eigenvalue weighted by Crippen LogP contribution is -2.36. The second-order valence-corrected chi connectivity index (χ2v) is 11.6. The van der Waals surface area contributed by atoms with E-state index in [2.05, 4.69) is 52.8 Å². The molecule has 0 saturated carbocycles. The lowest BCUT2D eigenvalue weighted by molar-refractivity contribution is -0.0198. The van der Waals surface area contributed by atoms with E-state index in [4.69, 9.17) is 13.8 Å². The predicted octanol–water partition coefficient (Wildman–Crippen LogP) is 4.49. The fraction of sp³-hybridized carbons (Fsp3) is 0.577. The summed E-state index contributed by atoms with van der Waals surface area (Å²) in [6.07, 6.45) is 6.31. The van der Waals surface area contributed by atoms with Crippen molar-refractivity contribution in [1.82, 2.24) is 19.1 Å². The Bertz CT molecular complexity index is 1160. The van der Waals surface area contributed by atoms with E-state index in [1.165, 1.54) is 5.56 Å². The molecule has 1 aromatic heterocycles. The number of rotatable bonds is 7. The molecule has 3 saturated heterocycles. The third kappa shape index (κ3) is 4.75. The number of nitrogens with zero attached hydrogens (tertiary/aromatic N) is 5. The molecule has 3 aliphatic heterocycles. The predicted molar refractivity (Wildman–Crippen MR) is 140 cm³/mol. The zero-order valence-corrected chi connectivity index (χ0v) is 22.6. The summed E-state index contributed by atoms with van der Waals surface area (Å²) >= 11 is 0. The van der Waals surface area contributed by atoms with Crippen LogP contribution in [0.2, 0.25) is 0 Å². The van der Waals surface area contributed by atoms with Crippen molar-refractivity contribution in [2.45, 2.75) is 76.5 Å². The first-order valence-electron chi connectivity index (χ1n) is 12.7. The highest BCUT2D eigenvalue weighted by Gasteiger charge is 2.56. The second-order valence-electron chi connectivity index (χ2n) is 10.2. The monoisotopic (exact) mass is 513 g/mol. The van der Waals surface area contributed by atoms with Crippen LogP contribution in [0.25, 0.3) is 0 Å². The molecular weight excluding hydrogens is 477 g/mol. The first-order valence-corrected chi connectivity index (χ1v) is 13.9. The van der Waals surface area contributed by atoms with Gasteiger partial charge in [-0.25, -0.2) is 14.5 Å². The zero-order chi connectivity index (χ0) is 25.4. The number of benzene rings is 1. The van der Waals surface area contributed by atoms with E-state index in [0.717, 1.165) is 31.4 Å². The van der Waals surface area contributed by atoms with Crippen molar-refractivity contribution in [2.24, 2.45) is 4.99 Å². The molecule has 10 heteroatoms. The Balaban J connectivity index is 1.34. The number of hydrogen-bond acceptors (Lipinski definition) is 7. The Morgan fingerprint density at radius 2 is 2.11 bits per heavy atom. The minimum atomic E-state index is -1.23. The van der Waals surface area contributed by atoms with E-state index >= 15 is 0 Å².